The van der Waals surface area contributed by atoms with Gasteiger partial charge in [-0.3, -0.25) is 14.7 Å². The minimum absolute atomic E-state index is 0.0293. The number of hydrazone groups is 1. The molecule has 0 fully saturated rings. The van der Waals surface area contributed by atoms with Crippen molar-refractivity contribution in [3.05, 3.63) is 112 Å². The molecule has 3 aromatic rings. The zero-order chi connectivity index (χ0) is 30.6. The maximum absolute atomic E-state index is 13.3. The van der Waals surface area contributed by atoms with Gasteiger partial charge >= 0.3 is 11.9 Å². The number of rotatable bonds is 13. The van der Waals surface area contributed by atoms with Gasteiger partial charge in [0.2, 0.25) is 0 Å². The lowest BCUT2D eigenvalue weighted by Gasteiger charge is -2.10. The fourth-order valence-electron chi connectivity index (χ4n) is 4.11. The molecule has 10 heteroatoms. The Labute approximate surface area is 249 Å². The lowest BCUT2D eigenvalue weighted by Crippen LogP contribution is -2.23. The van der Waals surface area contributed by atoms with Gasteiger partial charge in [-0.1, -0.05) is 81.3 Å². The van der Waals surface area contributed by atoms with Gasteiger partial charge in [0, 0.05) is 0 Å². The molecular weight excluding hydrogens is 548 g/mol. The van der Waals surface area contributed by atoms with Gasteiger partial charge in [0.1, 0.15) is 0 Å². The summed E-state index contributed by atoms with van der Waals surface area (Å²) in [6.45, 7) is 4.43. The number of allylic oxidation sites excluding steroid dienone is 4. The van der Waals surface area contributed by atoms with E-state index in [2.05, 4.69) is 10.2 Å². The van der Waals surface area contributed by atoms with Crippen LogP contribution in [-0.4, -0.2) is 46.6 Å². The molecule has 1 N–H and O–H groups in total. The third kappa shape index (κ3) is 7.53. The Bertz CT molecular complexity index is 1610. The van der Waals surface area contributed by atoms with Crippen molar-refractivity contribution in [1.29, 1.82) is 0 Å². The molecule has 1 aromatic heterocycles. The molecule has 0 saturated heterocycles. The smallest absolute Gasteiger partial charge is 0.359 e. The molecule has 0 spiro atoms. The van der Waals surface area contributed by atoms with E-state index in [4.69, 9.17) is 9.47 Å². The monoisotopic (exact) mass is 582 g/mol. The van der Waals surface area contributed by atoms with Crippen LogP contribution in [0.25, 0.3) is 11.8 Å². The molecule has 1 aliphatic rings. The number of hydrogen-bond donors (Lipinski definition) is 1. The van der Waals surface area contributed by atoms with Crippen LogP contribution in [0.3, 0.4) is 0 Å². The van der Waals surface area contributed by atoms with Gasteiger partial charge in [-0.2, -0.15) is 10.1 Å². The lowest BCUT2D eigenvalue weighted by atomic mass is 10.1. The van der Waals surface area contributed by atoms with Gasteiger partial charge in [-0.05, 0) is 49.3 Å². The quantitative estimate of drug-likeness (QED) is 0.125. The van der Waals surface area contributed by atoms with Gasteiger partial charge < -0.3 is 9.47 Å². The van der Waals surface area contributed by atoms with Crippen LogP contribution >= 0.6 is 0 Å². The van der Waals surface area contributed by atoms with Crippen LogP contribution in [0.15, 0.2) is 100 Å². The molecule has 2 aromatic carbocycles. The zero-order valence-corrected chi connectivity index (χ0v) is 24.2. The third-order valence-corrected chi connectivity index (χ3v) is 6.43. The third-order valence-electron chi connectivity index (χ3n) is 6.43. The first-order valence-electron chi connectivity index (χ1n) is 14.2. The summed E-state index contributed by atoms with van der Waals surface area (Å²) in [7, 11) is 0. The second-order valence-corrected chi connectivity index (χ2v) is 9.58. The summed E-state index contributed by atoms with van der Waals surface area (Å²) in [5.74, 6) is -1.79. The number of anilines is 1. The average Bonchev–Trinajstić information content (AvgIpc) is 3.54. The number of carbonyl (C=O) groups is 3. The second-order valence-electron chi connectivity index (χ2n) is 9.58. The highest BCUT2D eigenvalue weighted by Crippen LogP contribution is 2.24. The predicted octanol–water partition coefficient (Wildman–Crippen LogP) is 5.36. The van der Waals surface area contributed by atoms with E-state index in [1.54, 1.807) is 66.8 Å². The molecular formula is C33H34N4O6. The highest BCUT2D eigenvalue weighted by molar-refractivity contribution is 6.53. The first-order valence-corrected chi connectivity index (χ1v) is 14.2. The van der Waals surface area contributed by atoms with E-state index in [9.17, 15) is 19.2 Å². The van der Waals surface area contributed by atoms with E-state index >= 15 is 0 Å². The number of H-pyrrole nitrogens is 1. The van der Waals surface area contributed by atoms with Crippen LogP contribution in [0, 0.1) is 0 Å². The van der Waals surface area contributed by atoms with Crippen LogP contribution in [0.1, 0.15) is 55.6 Å². The van der Waals surface area contributed by atoms with E-state index in [-0.39, 0.29) is 35.8 Å². The average molecular weight is 583 g/mol. The molecule has 1 aliphatic heterocycles. The summed E-state index contributed by atoms with van der Waals surface area (Å²) >= 11 is 0. The number of esters is 2. The lowest BCUT2D eigenvalue weighted by molar-refractivity contribution is -0.135. The van der Waals surface area contributed by atoms with E-state index in [1.807, 2.05) is 26.0 Å². The van der Waals surface area contributed by atoms with Crippen molar-refractivity contribution in [2.24, 2.45) is 5.10 Å². The summed E-state index contributed by atoms with van der Waals surface area (Å²) < 4.78 is 12.0. The van der Waals surface area contributed by atoms with E-state index in [1.165, 1.54) is 16.8 Å². The topological polar surface area (TPSA) is 123 Å². The van der Waals surface area contributed by atoms with Gasteiger partial charge in [-0.25, -0.2) is 14.3 Å². The van der Waals surface area contributed by atoms with Gasteiger partial charge in [0.15, 0.2) is 11.4 Å². The molecule has 0 saturated carbocycles. The molecule has 4 rings (SSSR count). The number of carbonyl (C=O) groups excluding carboxylic acids is 3. The Hall–Kier alpha value is -5.25. The second kappa shape index (κ2) is 15.1. The highest BCUT2D eigenvalue weighted by atomic mass is 16.5. The number of amides is 1. The Balaban J connectivity index is 1.60. The zero-order valence-electron chi connectivity index (χ0n) is 24.2. The SMILES string of the molecule is CCCCOC(=O)C1=NN(c2ccccc2)C(=O)\C1=C/C=C/C=C/c1c(C(=O)OCCCC)[nH]n(-c2ccccc2)c1=O. The van der Waals surface area contributed by atoms with E-state index in [0.29, 0.717) is 24.2 Å². The van der Waals surface area contributed by atoms with Crippen LogP contribution in [-0.2, 0) is 19.1 Å². The molecule has 0 unspecified atom stereocenters. The number of aromatic amines is 1. The maximum Gasteiger partial charge on any atom is 0.359 e. The highest BCUT2D eigenvalue weighted by Gasteiger charge is 2.35. The number of unbranched alkanes of at least 4 members (excludes halogenated alkanes) is 2. The number of para-hydroxylation sites is 2. The standard InChI is InChI=1S/C33H34N4O6/c1-3-5-22-42-32(40)28-26(30(38)36(34-28)24-16-10-7-11-17-24)20-14-9-15-21-27-29(33(41)43-23-6-4-2)35-37(31(27)39)25-18-12-8-13-19-25/h7-21,34H,3-6,22-23H2,1-2H3/b15-9+,20-14+,27-21-. The van der Waals surface area contributed by atoms with Crippen molar-refractivity contribution in [2.75, 3.05) is 18.2 Å². The van der Waals surface area contributed by atoms with Crippen LogP contribution < -0.4 is 10.6 Å². The molecule has 0 radical (unpaired) electrons. The summed E-state index contributed by atoms with van der Waals surface area (Å²) in [6, 6.07) is 17.7. The number of hydrogen-bond acceptors (Lipinski definition) is 7. The van der Waals surface area contributed by atoms with Gasteiger partial charge in [0.05, 0.1) is 35.7 Å². The van der Waals surface area contributed by atoms with Crippen molar-refractivity contribution < 1.29 is 23.9 Å². The normalized spacial score (nSPS) is 14.2. The summed E-state index contributed by atoms with van der Waals surface area (Å²) in [6.07, 6.45) is 10.8. The van der Waals surface area contributed by atoms with Crippen molar-refractivity contribution in [2.45, 2.75) is 39.5 Å². The molecule has 0 bridgehead atoms. The molecule has 10 nitrogen and oxygen atoms in total. The predicted molar refractivity (Wildman–Crippen MR) is 165 cm³/mol. The number of nitrogens with one attached hydrogen (secondary N) is 1. The fourth-order valence-corrected chi connectivity index (χ4v) is 4.11. The number of nitrogens with zero attached hydrogens (tertiary/aromatic N) is 3. The van der Waals surface area contributed by atoms with Crippen molar-refractivity contribution in [1.82, 2.24) is 9.78 Å². The number of aromatic nitrogens is 2. The minimum Gasteiger partial charge on any atom is -0.461 e. The fraction of sp³-hybridized carbons (Fsp3) is 0.242. The van der Waals surface area contributed by atoms with Crippen molar-refractivity contribution in [3.63, 3.8) is 0 Å². The first-order chi connectivity index (χ1) is 21.0. The summed E-state index contributed by atoms with van der Waals surface area (Å²) in [5.41, 5.74) is 0.786. The van der Waals surface area contributed by atoms with E-state index < -0.39 is 23.4 Å². The Kier molecular flexibility index (Phi) is 10.8. The van der Waals surface area contributed by atoms with Crippen molar-refractivity contribution >= 4 is 35.3 Å². The maximum atomic E-state index is 13.3. The van der Waals surface area contributed by atoms with Crippen molar-refractivity contribution in [3.8, 4) is 5.69 Å². The molecule has 0 atom stereocenters. The van der Waals surface area contributed by atoms with Gasteiger partial charge in [0.25, 0.3) is 11.5 Å². The van der Waals surface area contributed by atoms with Gasteiger partial charge in [-0.15, -0.1) is 0 Å². The van der Waals surface area contributed by atoms with Crippen LogP contribution in [0.5, 0.6) is 0 Å². The Morgan fingerprint density at radius 1 is 0.814 bits per heavy atom. The summed E-state index contributed by atoms with van der Waals surface area (Å²) in [5, 5.41) is 8.29. The Morgan fingerprint density at radius 3 is 2.05 bits per heavy atom. The molecule has 222 valence electrons. The minimum atomic E-state index is -0.685. The molecule has 2 heterocycles. The number of ether oxygens (including phenoxy) is 2. The largest absolute Gasteiger partial charge is 0.461 e. The first kappa shape index (κ1) is 30.7. The molecule has 43 heavy (non-hydrogen) atoms. The van der Waals surface area contributed by atoms with Crippen LogP contribution in [0.2, 0.25) is 0 Å². The Morgan fingerprint density at radius 2 is 1.42 bits per heavy atom. The van der Waals surface area contributed by atoms with Crippen LogP contribution in [0.4, 0.5) is 5.69 Å². The van der Waals surface area contributed by atoms with E-state index in [0.717, 1.165) is 17.9 Å². The molecule has 0 aliphatic carbocycles. The summed E-state index contributed by atoms with van der Waals surface area (Å²) in [4.78, 5) is 52.1. The number of benzene rings is 2. The molecule has 1 amide bonds.